The van der Waals surface area contributed by atoms with Crippen molar-refractivity contribution in [3.05, 3.63) is 35.9 Å². The lowest BCUT2D eigenvalue weighted by molar-refractivity contribution is -0.137. The average molecular weight is 616 g/mol. The van der Waals surface area contributed by atoms with Crippen LogP contribution in [-0.4, -0.2) is 127 Å². The summed E-state index contributed by atoms with van der Waals surface area (Å²) in [5.74, 6) is -1.38. The SMILES string of the molecule is CC(C)CC(=O)N(C)CN(C)C(=O)NC(=O)N(C)[C@@H](Cc1ccccc1)C(=O)N(C)C(=O)N[C@@H](C=O)C(=O)N1CCCCC1. The van der Waals surface area contributed by atoms with Crippen molar-refractivity contribution in [1.82, 2.24) is 35.1 Å². The van der Waals surface area contributed by atoms with Crippen LogP contribution in [0.4, 0.5) is 14.4 Å². The van der Waals surface area contributed by atoms with E-state index >= 15 is 0 Å². The Kier molecular flexibility index (Phi) is 13.8. The monoisotopic (exact) mass is 615 g/mol. The molecule has 1 saturated heterocycles. The molecular weight excluding hydrogens is 570 g/mol. The molecule has 0 bridgehead atoms. The first-order valence-corrected chi connectivity index (χ1v) is 14.7. The predicted molar refractivity (Wildman–Crippen MR) is 162 cm³/mol. The average Bonchev–Trinajstić information content (AvgIpc) is 3.01. The quantitative estimate of drug-likeness (QED) is 0.217. The lowest BCUT2D eigenvalue weighted by atomic mass is 10.0. The van der Waals surface area contributed by atoms with Crippen LogP contribution >= 0.6 is 0 Å². The molecule has 1 aromatic carbocycles. The molecule has 0 aromatic heterocycles. The van der Waals surface area contributed by atoms with Crippen molar-refractivity contribution in [3.8, 4) is 0 Å². The third-order valence-corrected chi connectivity index (χ3v) is 7.32. The number of likely N-dealkylation sites (tertiary alicyclic amines) is 1. The van der Waals surface area contributed by atoms with E-state index in [0.29, 0.717) is 36.3 Å². The van der Waals surface area contributed by atoms with E-state index in [0.717, 1.165) is 29.1 Å². The summed E-state index contributed by atoms with van der Waals surface area (Å²) in [6.07, 6.45) is 3.19. The number of hydrogen-bond donors (Lipinski definition) is 2. The zero-order chi connectivity index (χ0) is 33.0. The van der Waals surface area contributed by atoms with Gasteiger partial charge in [0.15, 0.2) is 12.3 Å². The van der Waals surface area contributed by atoms with Crippen LogP contribution in [0.3, 0.4) is 0 Å². The molecule has 1 aliphatic rings. The van der Waals surface area contributed by atoms with Gasteiger partial charge in [-0.15, -0.1) is 0 Å². The summed E-state index contributed by atoms with van der Waals surface area (Å²) >= 11 is 0. The molecule has 1 heterocycles. The lowest BCUT2D eigenvalue weighted by Gasteiger charge is -2.32. The maximum Gasteiger partial charge on any atom is 0.326 e. The molecule has 14 heteroatoms. The standard InChI is InChI=1S/C30H45N7O7/c1-21(2)17-25(39)33(3)20-34(4)28(42)32-30(44)35(5)24(18-22-13-9-7-10-14-22)27(41)36(6)29(43)31-23(19-38)26(40)37-15-11-8-12-16-37/h7,9-10,13-14,19,21,23-24H,8,11-12,15-18,20H2,1-6H3,(H,31,43)(H,32,42,44)/t23-,24-/m0/s1. The number of rotatable bonds is 11. The zero-order valence-electron chi connectivity index (χ0n) is 26.4. The first kappa shape index (κ1) is 35.7. The number of aldehydes is 1. The van der Waals surface area contributed by atoms with E-state index in [1.165, 1.54) is 30.9 Å². The van der Waals surface area contributed by atoms with Crippen LogP contribution in [-0.2, 0) is 25.6 Å². The summed E-state index contributed by atoms with van der Waals surface area (Å²) in [5.41, 5.74) is 0.680. The van der Waals surface area contributed by atoms with Gasteiger partial charge in [0, 0.05) is 54.1 Å². The molecule has 2 N–H and O–H groups in total. The van der Waals surface area contributed by atoms with E-state index in [1.807, 2.05) is 13.8 Å². The van der Waals surface area contributed by atoms with Gasteiger partial charge >= 0.3 is 18.1 Å². The van der Waals surface area contributed by atoms with E-state index in [2.05, 4.69) is 10.6 Å². The minimum Gasteiger partial charge on any atom is -0.341 e. The molecule has 1 aliphatic heterocycles. The van der Waals surface area contributed by atoms with Crippen molar-refractivity contribution in [3.63, 3.8) is 0 Å². The number of likely N-dealkylation sites (N-methyl/N-ethyl adjacent to an activating group) is 2. The molecule has 14 nitrogen and oxygen atoms in total. The van der Waals surface area contributed by atoms with E-state index in [1.54, 1.807) is 37.4 Å². The summed E-state index contributed by atoms with van der Waals surface area (Å²) in [4.78, 5) is 95.1. The van der Waals surface area contributed by atoms with E-state index in [-0.39, 0.29) is 24.9 Å². The highest BCUT2D eigenvalue weighted by molar-refractivity contribution is 6.04. The van der Waals surface area contributed by atoms with Gasteiger partial charge in [-0.3, -0.25) is 24.6 Å². The summed E-state index contributed by atoms with van der Waals surface area (Å²) in [5, 5.41) is 4.53. The summed E-state index contributed by atoms with van der Waals surface area (Å²) in [6, 6.07) is 3.37. The van der Waals surface area contributed by atoms with Gasteiger partial charge in [-0.1, -0.05) is 44.2 Å². The van der Waals surface area contributed by atoms with Gasteiger partial charge in [0.1, 0.15) is 6.04 Å². The Hall–Kier alpha value is -4.49. The molecule has 0 aliphatic carbocycles. The Morgan fingerprint density at radius 2 is 1.48 bits per heavy atom. The Bertz CT molecular complexity index is 1190. The van der Waals surface area contributed by atoms with Gasteiger partial charge in [0.2, 0.25) is 5.91 Å². The smallest absolute Gasteiger partial charge is 0.326 e. The molecule has 9 amide bonds. The maximum atomic E-state index is 13.6. The van der Waals surface area contributed by atoms with Gasteiger partial charge < -0.3 is 29.7 Å². The number of hydrogen-bond acceptors (Lipinski definition) is 7. The van der Waals surface area contributed by atoms with Gasteiger partial charge in [-0.2, -0.15) is 0 Å². The number of imide groups is 2. The number of piperidine rings is 1. The lowest BCUT2D eigenvalue weighted by Crippen LogP contribution is -2.58. The van der Waals surface area contributed by atoms with Crippen molar-refractivity contribution < 1.29 is 33.6 Å². The Morgan fingerprint density at radius 3 is 2.05 bits per heavy atom. The first-order valence-electron chi connectivity index (χ1n) is 14.7. The third kappa shape index (κ3) is 10.3. The van der Waals surface area contributed by atoms with Gasteiger partial charge in [-0.05, 0) is 30.7 Å². The second-order valence-electron chi connectivity index (χ2n) is 11.4. The van der Waals surface area contributed by atoms with E-state index in [9.17, 15) is 33.6 Å². The molecule has 2 atom stereocenters. The second-order valence-corrected chi connectivity index (χ2v) is 11.4. The third-order valence-electron chi connectivity index (χ3n) is 7.32. The normalized spacial score (nSPS) is 14.1. The van der Waals surface area contributed by atoms with Crippen LogP contribution < -0.4 is 10.6 Å². The van der Waals surface area contributed by atoms with Crippen LogP contribution in [0.15, 0.2) is 30.3 Å². The Labute approximate surface area is 258 Å². The summed E-state index contributed by atoms with van der Waals surface area (Å²) < 4.78 is 0. The van der Waals surface area contributed by atoms with Crippen molar-refractivity contribution >= 4 is 42.1 Å². The topological polar surface area (TPSA) is 160 Å². The number of nitrogens with one attached hydrogen (secondary N) is 2. The van der Waals surface area contributed by atoms with E-state index in [4.69, 9.17) is 0 Å². The minimum atomic E-state index is -1.47. The van der Waals surface area contributed by atoms with Crippen LogP contribution in [0.5, 0.6) is 0 Å². The van der Waals surface area contributed by atoms with Crippen molar-refractivity contribution in [1.29, 1.82) is 0 Å². The number of carbonyl (C=O) groups excluding carboxylic acids is 7. The van der Waals surface area contributed by atoms with Crippen molar-refractivity contribution in [2.24, 2.45) is 5.92 Å². The highest BCUT2D eigenvalue weighted by atomic mass is 16.2. The molecule has 1 fully saturated rings. The van der Waals surface area contributed by atoms with Crippen molar-refractivity contribution in [2.45, 2.75) is 58.0 Å². The summed E-state index contributed by atoms with van der Waals surface area (Å²) in [7, 11) is 5.46. The zero-order valence-corrected chi connectivity index (χ0v) is 26.4. The molecule has 0 saturated carbocycles. The van der Waals surface area contributed by atoms with E-state index < -0.39 is 42.0 Å². The maximum absolute atomic E-state index is 13.6. The van der Waals surface area contributed by atoms with Crippen LogP contribution in [0.2, 0.25) is 0 Å². The van der Waals surface area contributed by atoms with Gasteiger partial charge in [0.05, 0.1) is 6.67 Å². The molecule has 0 radical (unpaired) electrons. The Morgan fingerprint density at radius 1 is 0.864 bits per heavy atom. The summed E-state index contributed by atoms with van der Waals surface area (Å²) in [6.45, 7) is 4.69. The molecule has 2 rings (SSSR count). The minimum absolute atomic E-state index is 0.00149. The first-order chi connectivity index (χ1) is 20.8. The predicted octanol–water partition coefficient (Wildman–Crippen LogP) is 1.50. The van der Waals surface area contributed by atoms with Crippen LogP contribution in [0.25, 0.3) is 0 Å². The molecular formula is C30H45N7O7. The molecule has 44 heavy (non-hydrogen) atoms. The number of carbonyl (C=O) groups is 7. The highest BCUT2D eigenvalue weighted by Gasteiger charge is 2.35. The number of urea groups is 3. The fraction of sp³-hybridized carbons (Fsp3) is 0.567. The Balaban J connectivity index is 2.15. The molecule has 0 spiro atoms. The second kappa shape index (κ2) is 17.0. The number of benzene rings is 1. The fourth-order valence-electron chi connectivity index (χ4n) is 4.63. The van der Waals surface area contributed by atoms with Gasteiger partial charge in [-0.25, -0.2) is 14.4 Å². The largest absolute Gasteiger partial charge is 0.341 e. The highest BCUT2D eigenvalue weighted by Crippen LogP contribution is 2.13. The van der Waals surface area contributed by atoms with Gasteiger partial charge in [0.25, 0.3) is 11.8 Å². The molecule has 1 aromatic rings. The van der Waals surface area contributed by atoms with Crippen LogP contribution in [0.1, 0.15) is 45.1 Å². The number of amides is 9. The number of nitrogens with zero attached hydrogens (tertiary/aromatic N) is 5. The molecule has 242 valence electrons. The van der Waals surface area contributed by atoms with Crippen molar-refractivity contribution in [2.75, 3.05) is 47.9 Å². The fourth-order valence-corrected chi connectivity index (χ4v) is 4.63. The van der Waals surface area contributed by atoms with Crippen LogP contribution in [0, 0.1) is 5.92 Å². The molecule has 0 unspecified atom stereocenters.